The predicted octanol–water partition coefficient (Wildman–Crippen LogP) is 0.273. The van der Waals surface area contributed by atoms with E-state index in [-0.39, 0.29) is 0 Å². The third-order valence-electron chi connectivity index (χ3n) is 9.51. The zero-order valence-corrected chi connectivity index (χ0v) is 34.7. The van der Waals surface area contributed by atoms with Gasteiger partial charge in [0.25, 0.3) is 0 Å². The summed E-state index contributed by atoms with van der Waals surface area (Å²) in [6, 6.07) is 0. The molecule has 6 saturated carbocycles. The van der Waals surface area contributed by atoms with Gasteiger partial charge in [-0.15, -0.1) is 0 Å². The van der Waals surface area contributed by atoms with Gasteiger partial charge in [-0.3, -0.25) is 0 Å². The molecule has 6 rings (SSSR count). The third-order valence-corrected chi connectivity index (χ3v) is 16.0. The molecule has 0 aromatic rings. The molecule has 0 N–H and O–H groups in total. The van der Waals surface area contributed by atoms with Crippen LogP contribution in [-0.2, 0) is 40.1 Å². The van der Waals surface area contributed by atoms with E-state index in [0.717, 1.165) is 0 Å². The largest absolute Gasteiger partial charge is 0.410 e. The number of rotatable bonds is 16. The SMILES string of the molecule is COC12C3(O[SiH2]C)C4(O[SiH2]C)C5(O[SiH2]C)C3(O[SiH2]C)C1(O[Si](C)(C)C)C5(O[Si](C)(C)OC)C24O[Si](C)(C)C. The van der Waals surface area contributed by atoms with Crippen LogP contribution in [0.15, 0.2) is 0 Å². The molecule has 6 aliphatic rings. The van der Waals surface area contributed by atoms with Crippen LogP contribution < -0.4 is 0 Å². The molecule has 220 valence electrons. The van der Waals surface area contributed by atoms with Gasteiger partial charge in [-0.05, 0) is 52.4 Å². The normalized spacial score (nSPS) is 50.7. The lowest BCUT2D eigenvalue weighted by Gasteiger charge is -3.24. The Balaban J connectivity index is 1.90. The summed E-state index contributed by atoms with van der Waals surface area (Å²) in [5.41, 5.74) is -7.01. The summed E-state index contributed by atoms with van der Waals surface area (Å²) in [6.07, 6.45) is 0. The molecule has 0 aliphatic heterocycles. The predicted molar refractivity (Wildman–Crippen MR) is 165 cm³/mol. The third kappa shape index (κ3) is 2.18. The van der Waals surface area contributed by atoms with E-state index in [1.165, 1.54) is 0 Å². The number of methoxy groups -OCH3 is 1. The van der Waals surface area contributed by atoms with Gasteiger partial charge in [-0.25, -0.2) is 0 Å². The van der Waals surface area contributed by atoms with Crippen molar-refractivity contribution in [1.82, 2.24) is 0 Å². The van der Waals surface area contributed by atoms with Crippen molar-refractivity contribution in [3.8, 4) is 0 Å². The van der Waals surface area contributed by atoms with Gasteiger partial charge in [0.1, 0.15) is 0 Å². The van der Waals surface area contributed by atoms with E-state index in [1.807, 2.05) is 0 Å². The molecule has 0 bridgehead atoms. The average molecular weight is 655 g/mol. The highest BCUT2D eigenvalue weighted by atomic mass is 28.4. The number of hydrogen-bond donors (Lipinski definition) is 0. The smallest absolute Gasteiger partial charge is 0.332 e. The minimum Gasteiger partial charge on any atom is -0.410 e. The topological polar surface area (TPSA) is 83.1 Å². The van der Waals surface area contributed by atoms with Crippen LogP contribution in [0.1, 0.15) is 0 Å². The Morgan fingerprint density at radius 2 is 0.711 bits per heavy atom. The van der Waals surface area contributed by atoms with Gasteiger partial charge in [0.2, 0.25) is 0 Å². The molecule has 6 fully saturated rings. The highest BCUT2D eigenvalue weighted by Crippen LogP contribution is 3.16. The van der Waals surface area contributed by atoms with Crippen LogP contribution in [0.4, 0.5) is 0 Å². The summed E-state index contributed by atoms with van der Waals surface area (Å²) in [4.78, 5) is 0. The second-order valence-corrected chi connectivity index (χ2v) is 29.3. The van der Waals surface area contributed by atoms with Crippen LogP contribution in [0.3, 0.4) is 0 Å². The Morgan fingerprint density at radius 3 is 0.947 bits per heavy atom. The molecular formula is C22H50O9Si7. The number of ether oxygens (including phenoxy) is 1. The lowest BCUT2D eigenvalue weighted by molar-refractivity contribution is -0.840. The van der Waals surface area contributed by atoms with E-state index in [2.05, 4.69) is 78.6 Å². The molecule has 0 heterocycles. The second kappa shape index (κ2) is 8.20. The molecule has 0 amide bonds. The molecule has 0 radical (unpaired) electrons. The molecule has 6 aliphatic carbocycles. The molecule has 0 aromatic heterocycles. The molecule has 9 nitrogen and oxygen atoms in total. The first-order chi connectivity index (χ1) is 17.5. The summed E-state index contributed by atoms with van der Waals surface area (Å²) in [5.74, 6) is 0. The fraction of sp³-hybridized carbons (Fsp3) is 1.00. The van der Waals surface area contributed by atoms with Crippen LogP contribution in [0.5, 0.6) is 0 Å². The number of hydrogen-bond acceptors (Lipinski definition) is 9. The van der Waals surface area contributed by atoms with E-state index in [9.17, 15) is 0 Å². The van der Waals surface area contributed by atoms with Crippen molar-refractivity contribution in [2.24, 2.45) is 0 Å². The molecule has 4 unspecified atom stereocenters. The summed E-state index contributed by atoms with van der Waals surface area (Å²) in [6.45, 7) is 26.2. The Kier molecular flexibility index (Phi) is 6.61. The second-order valence-electron chi connectivity index (χ2n) is 13.5. The van der Waals surface area contributed by atoms with Gasteiger partial charge in [-0.1, -0.05) is 26.2 Å². The zero-order valence-electron chi connectivity index (χ0n) is 26.0. The first-order valence-corrected chi connectivity index (χ1v) is 31.8. The Morgan fingerprint density at radius 1 is 0.421 bits per heavy atom. The van der Waals surface area contributed by atoms with Gasteiger partial charge in [0, 0.05) is 14.2 Å². The molecule has 0 aromatic carbocycles. The maximum Gasteiger partial charge on any atom is 0.332 e. The van der Waals surface area contributed by atoms with Crippen molar-refractivity contribution >= 4 is 64.2 Å². The van der Waals surface area contributed by atoms with Crippen LogP contribution in [0.25, 0.3) is 0 Å². The van der Waals surface area contributed by atoms with Crippen LogP contribution in [-0.4, -0.2) is 123 Å². The summed E-state index contributed by atoms with van der Waals surface area (Å²) in [5, 5.41) is 0. The van der Waals surface area contributed by atoms with E-state index in [4.69, 9.17) is 40.1 Å². The molecular weight excluding hydrogens is 605 g/mol. The van der Waals surface area contributed by atoms with Crippen molar-refractivity contribution in [3.63, 3.8) is 0 Å². The van der Waals surface area contributed by atoms with Gasteiger partial charge >= 0.3 is 8.56 Å². The monoisotopic (exact) mass is 654 g/mol. The summed E-state index contributed by atoms with van der Waals surface area (Å²) in [7, 11) is -7.22. The fourth-order valence-electron chi connectivity index (χ4n) is 10.1. The molecule has 38 heavy (non-hydrogen) atoms. The zero-order chi connectivity index (χ0) is 28.7. The quantitative estimate of drug-likeness (QED) is 0.218. The minimum absolute atomic E-state index is 0.818. The van der Waals surface area contributed by atoms with E-state index in [1.54, 1.807) is 14.2 Å². The van der Waals surface area contributed by atoms with Gasteiger partial charge in [-0.2, -0.15) is 0 Å². The highest BCUT2D eigenvalue weighted by molar-refractivity contribution is 6.71. The summed E-state index contributed by atoms with van der Waals surface area (Å²) < 4.78 is 63.4. The van der Waals surface area contributed by atoms with Crippen molar-refractivity contribution in [2.75, 3.05) is 14.2 Å². The minimum atomic E-state index is -2.67. The first kappa shape index (κ1) is 30.6. The fourth-order valence-corrected chi connectivity index (χ4v) is 18.2. The molecule has 0 spiro atoms. The van der Waals surface area contributed by atoms with Crippen molar-refractivity contribution in [3.05, 3.63) is 0 Å². The Bertz CT molecular complexity index is 968. The van der Waals surface area contributed by atoms with E-state index in [0.29, 0.717) is 0 Å². The first-order valence-electron chi connectivity index (χ1n) is 14.2. The molecule has 0 saturated heterocycles. The maximum atomic E-state index is 7.40. The van der Waals surface area contributed by atoms with Crippen molar-refractivity contribution in [2.45, 2.75) is 123 Å². The Hall–Kier alpha value is 1.16. The molecule has 4 atom stereocenters. The van der Waals surface area contributed by atoms with Crippen molar-refractivity contribution < 1.29 is 40.1 Å². The molecule has 16 heteroatoms. The van der Waals surface area contributed by atoms with Gasteiger partial charge < -0.3 is 40.1 Å². The van der Waals surface area contributed by atoms with Gasteiger partial charge in [0.15, 0.2) is 100 Å². The summed E-state index contributed by atoms with van der Waals surface area (Å²) >= 11 is 0. The maximum absolute atomic E-state index is 7.40. The van der Waals surface area contributed by atoms with Crippen LogP contribution in [0, 0.1) is 0 Å². The van der Waals surface area contributed by atoms with Crippen molar-refractivity contribution in [1.29, 1.82) is 0 Å². The van der Waals surface area contributed by atoms with E-state index < -0.39 is 109 Å². The van der Waals surface area contributed by atoms with Gasteiger partial charge in [0.05, 0.1) is 0 Å². The lowest BCUT2D eigenvalue weighted by atomic mass is 8.87. The van der Waals surface area contributed by atoms with Crippen LogP contribution in [0.2, 0.25) is 78.6 Å². The van der Waals surface area contributed by atoms with E-state index >= 15 is 0 Å². The Labute approximate surface area is 241 Å². The lowest BCUT2D eigenvalue weighted by Crippen LogP contribution is -3.53. The highest BCUT2D eigenvalue weighted by Gasteiger charge is 3.46. The standard InChI is InChI=1S/C22H50O9Si7/c1-23-15-16(25-32-3)17(26-33-4)19(28-35-6)18(16,27-34-5)21(15,30-37(10,11)12)22(19,31-38(13,14)24-2)20(15,17)29-36(7,8)9/h32-35H2,1-14H3. The average Bonchev–Trinajstić information content (AvgIpc) is 2.78. The van der Waals surface area contributed by atoms with Crippen LogP contribution >= 0.6 is 0 Å².